The van der Waals surface area contributed by atoms with Crippen LogP contribution in [0.15, 0.2) is 91.4 Å². The number of rotatable bonds is 5. The van der Waals surface area contributed by atoms with Gasteiger partial charge in [0.15, 0.2) is 5.17 Å². The fourth-order valence-electron chi connectivity index (χ4n) is 3.16. The second-order valence-electron chi connectivity index (χ2n) is 6.42. The van der Waals surface area contributed by atoms with E-state index in [1.807, 2.05) is 31.2 Å². The molecule has 6 nitrogen and oxygen atoms in total. The van der Waals surface area contributed by atoms with Gasteiger partial charge in [0.2, 0.25) is 0 Å². The highest BCUT2D eigenvalue weighted by atomic mass is 32.2. The van der Waals surface area contributed by atoms with Crippen molar-refractivity contribution in [2.24, 2.45) is 4.40 Å². The maximum atomic E-state index is 13.2. The second kappa shape index (κ2) is 8.33. The molecule has 2 aromatic rings. The maximum absolute atomic E-state index is 13.2. The molecule has 0 radical (unpaired) electrons. The molecule has 2 heterocycles. The molecule has 154 valence electrons. The summed E-state index contributed by atoms with van der Waals surface area (Å²) < 4.78 is 29.5. The molecule has 4 rings (SSSR count). The number of nitrogens with zero attached hydrogens (tertiary/aromatic N) is 3. The molecule has 0 unspecified atom stereocenters. The Labute approximate surface area is 184 Å². The summed E-state index contributed by atoms with van der Waals surface area (Å²) in [5.41, 5.74) is 1.04. The van der Waals surface area contributed by atoms with Gasteiger partial charge in [0.05, 0.1) is 10.6 Å². The minimum atomic E-state index is -3.94. The van der Waals surface area contributed by atoms with Gasteiger partial charge in [-0.3, -0.25) is 9.69 Å². The number of carbonyl (C=O) groups is 1. The van der Waals surface area contributed by atoms with Crippen LogP contribution >= 0.6 is 23.5 Å². The summed E-state index contributed by atoms with van der Waals surface area (Å²) in [7, 11) is -3.94. The Morgan fingerprint density at radius 1 is 1.03 bits per heavy atom. The quantitative estimate of drug-likeness (QED) is 0.493. The number of carbonyl (C=O) groups excluding carboxylic acids is 1. The molecule has 0 saturated carbocycles. The zero-order chi connectivity index (χ0) is 21.3. The molecule has 2 aliphatic heterocycles. The van der Waals surface area contributed by atoms with Crippen molar-refractivity contribution in [2.45, 2.75) is 16.7 Å². The lowest BCUT2D eigenvalue weighted by atomic mass is 10.3. The number of hydrogen-bond donors (Lipinski definition) is 0. The minimum Gasteiger partial charge on any atom is -0.334 e. The largest absolute Gasteiger partial charge is 0.334 e. The van der Waals surface area contributed by atoms with Crippen LogP contribution in [0.4, 0.5) is 5.69 Å². The van der Waals surface area contributed by atoms with E-state index >= 15 is 0 Å². The molecular weight excluding hydrogens is 438 g/mol. The first-order chi connectivity index (χ1) is 14.5. The number of para-hydroxylation sites is 1. The topological polar surface area (TPSA) is 70.1 Å². The minimum absolute atomic E-state index is 0.0861. The third-order valence-electron chi connectivity index (χ3n) is 4.53. The number of anilines is 1. The molecule has 1 saturated heterocycles. The SMILES string of the molecule is C=CCN1C(=O)/C(=C2\Sc3ccccc3N2CC)SC1=NS(=O)(=O)c1ccccc1. The smallest absolute Gasteiger partial charge is 0.284 e. The van der Waals surface area contributed by atoms with Gasteiger partial charge in [-0.2, -0.15) is 8.42 Å². The van der Waals surface area contributed by atoms with Crippen LogP contribution in [-0.2, 0) is 14.8 Å². The Balaban J connectivity index is 1.78. The summed E-state index contributed by atoms with van der Waals surface area (Å²) in [5.74, 6) is -0.268. The molecule has 2 aliphatic rings. The van der Waals surface area contributed by atoms with Crippen LogP contribution in [0.1, 0.15) is 6.92 Å². The standard InChI is InChI=1S/C21H19N3O3S3/c1-3-14-24-19(25)18(20-23(4-2)16-12-8-9-13-17(16)28-20)29-21(24)22-30(26,27)15-10-6-5-7-11-15/h3,5-13H,1,4,14H2,2H3/b20-18+,22-21?. The van der Waals surface area contributed by atoms with Crippen LogP contribution in [0.25, 0.3) is 0 Å². The van der Waals surface area contributed by atoms with Gasteiger partial charge in [-0.1, -0.05) is 48.2 Å². The molecule has 9 heteroatoms. The van der Waals surface area contributed by atoms with Crippen LogP contribution in [0, 0.1) is 0 Å². The highest BCUT2D eigenvalue weighted by Gasteiger charge is 2.40. The van der Waals surface area contributed by atoms with Crippen molar-refractivity contribution in [1.82, 2.24) is 4.90 Å². The Morgan fingerprint density at radius 3 is 2.43 bits per heavy atom. The fraction of sp³-hybridized carbons (Fsp3) is 0.143. The van der Waals surface area contributed by atoms with E-state index < -0.39 is 10.0 Å². The predicted molar refractivity (Wildman–Crippen MR) is 123 cm³/mol. The summed E-state index contributed by atoms with van der Waals surface area (Å²) in [6.07, 6.45) is 1.56. The Bertz CT molecular complexity index is 1170. The van der Waals surface area contributed by atoms with Crippen molar-refractivity contribution in [3.05, 3.63) is 77.2 Å². The molecule has 1 amide bonds. The first-order valence-electron chi connectivity index (χ1n) is 9.25. The van der Waals surface area contributed by atoms with E-state index in [1.54, 1.807) is 24.3 Å². The molecule has 0 aliphatic carbocycles. The van der Waals surface area contributed by atoms with Gasteiger partial charge < -0.3 is 4.90 Å². The zero-order valence-electron chi connectivity index (χ0n) is 16.2. The van der Waals surface area contributed by atoms with Gasteiger partial charge >= 0.3 is 0 Å². The van der Waals surface area contributed by atoms with Crippen molar-refractivity contribution in [3.8, 4) is 0 Å². The Hall–Kier alpha value is -2.49. The van der Waals surface area contributed by atoms with Crippen molar-refractivity contribution >= 4 is 50.3 Å². The van der Waals surface area contributed by atoms with Crippen molar-refractivity contribution in [3.63, 3.8) is 0 Å². The average Bonchev–Trinajstić information content (AvgIpc) is 3.26. The first-order valence-corrected chi connectivity index (χ1v) is 12.3. The maximum Gasteiger partial charge on any atom is 0.284 e. The summed E-state index contributed by atoms with van der Waals surface area (Å²) in [4.78, 5) is 18.3. The number of amidine groups is 1. The van der Waals surface area contributed by atoms with E-state index in [0.29, 0.717) is 11.4 Å². The lowest BCUT2D eigenvalue weighted by Gasteiger charge is -2.19. The number of thioether (sulfide) groups is 2. The molecule has 30 heavy (non-hydrogen) atoms. The summed E-state index contributed by atoms with van der Waals surface area (Å²) >= 11 is 2.61. The lowest BCUT2D eigenvalue weighted by molar-refractivity contribution is -0.121. The van der Waals surface area contributed by atoms with Gasteiger partial charge in [0.25, 0.3) is 15.9 Å². The van der Waals surface area contributed by atoms with Crippen LogP contribution in [0.5, 0.6) is 0 Å². The van der Waals surface area contributed by atoms with E-state index in [2.05, 4.69) is 15.9 Å². The number of fused-ring (bicyclic) bond motifs is 1. The molecule has 0 bridgehead atoms. The molecule has 0 spiro atoms. The van der Waals surface area contributed by atoms with Gasteiger partial charge in [-0.15, -0.1) is 11.0 Å². The monoisotopic (exact) mass is 457 g/mol. The second-order valence-corrected chi connectivity index (χ2v) is 10.0. The Kier molecular flexibility index (Phi) is 5.77. The molecular formula is C21H19N3O3S3. The normalized spacial score (nSPS) is 20.2. The number of benzene rings is 2. The third-order valence-corrected chi connectivity index (χ3v) is 8.31. The number of amides is 1. The Morgan fingerprint density at radius 2 is 1.73 bits per heavy atom. The highest BCUT2D eigenvalue weighted by Crippen LogP contribution is 2.50. The predicted octanol–water partition coefficient (Wildman–Crippen LogP) is 4.29. The van der Waals surface area contributed by atoms with E-state index in [-0.39, 0.29) is 22.5 Å². The molecule has 0 atom stereocenters. The summed E-state index contributed by atoms with van der Waals surface area (Å²) in [5, 5.41) is 0.934. The fourth-order valence-corrected chi connectivity index (χ4v) is 6.76. The van der Waals surface area contributed by atoms with E-state index in [0.717, 1.165) is 27.4 Å². The van der Waals surface area contributed by atoms with E-state index in [4.69, 9.17) is 0 Å². The van der Waals surface area contributed by atoms with E-state index in [9.17, 15) is 13.2 Å². The van der Waals surface area contributed by atoms with Crippen molar-refractivity contribution in [2.75, 3.05) is 18.0 Å². The number of hydrogen-bond acceptors (Lipinski definition) is 6. The van der Waals surface area contributed by atoms with Crippen molar-refractivity contribution < 1.29 is 13.2 Å². The molecule has 0 aromatic heterocycles. The van der Waals surface area contributed by atoms with Crippen LogP contribution in [-0.4, -0.2) is 37.5 Å². The van der Waals surface area contributed by atoms with Crippen molar-refractivity contribution in [1.29, 1.82) is 0 Å². The zero-order valence-corrected chi connectivity index (χ0v) is 18.6. The highest BCUT2D eigenvalue weighted by molar-refractivity contribution is 8.19. The summed E-state index contributed by atoms with van der Waals surface area (Å²) in [6.45, 7) is 6.58. The average molecular weight is 458 g/mol. The summed E-state index contributed by atoms with van der Waals surface area (Å²) in [6, 6.07) is 15.9. The lowest BCUT2D eigenvalue weighted by Crippen LogP contribution is -2.30. The third kappa shape index (κ3) is 3.68. The van der Waals surface area contributed by atoms with Crippen LogP contribution in [0.2, 0.25) is 0 Å². The van der Waals surface area contributed by atoms with Crippen LogP contribution < -0.4 is 4.90 Å². The van der Waals surface area contributed by atoms with Crippen LogP contribution in [0.3, 0.4) is 0 Å². The first kappa shape index (κ1) is 20.8. The van der Waals surface area contributed by atoms with Gasteiger partial charge in [-0.25, -0.2) is 0 Å². The molecule has 1 fully saturated rings. The van der Waals surface area contributed by atoms with E-state index in [1.165, 1.54) is 28.8 Å². The molecule has 0 N–H and O–H groups in total. The van der Waals surface area contributed by atoms with Gasteiger partial charge in [0, 0.05) is 18.0 Å². The molecule has 2 aromatic carbocycles. The van der Waals surface area contributed by atoms with Gasteiger partial charge in [-0.05, 0) is 43.0 Å². The van der Waals surface area contributed by atoms with Gasteiger partial charge in [0.1, 0.15) is 9.93 Å². The number of sulfonamides is 1.